The van der Waals surface area contributed by atoms with Crippen LogP contribution in [0.3, 0.4) is 0 Å². The van der Waals surface area contributed by atoms with Gasteiger partial charge in [0, 0.05) is 13.8 Å². The molecule has 21 heavy (non-hydrogen) atoms. The van der Waals surface area contributed by atoms with Crippen molar-refractivity contribution in [2.75, 3.05) is 0 Å². The molecule has 0 spiro atoms. The molecule has 2 aromatic carbocycles. The van der Waals surface area contributed by atoms with Gasteiger partial charge in [-0.2, -0.15) is 0 Å². The fourth-order valence-corrected chi connectivity index (χ4v) is 6.88. The van der Waals surface area contributed by atoms with Crippen molar-refractivity contribution in [1.82, 2.24) is 0 Å². The molecule has 0 nitrogen and oxygen atoms in total. The Kier molecular flexibility index (Phi) is 7.27. The minimum atomic E-state index is 0.160. The zero-order valence-electron chi connectivity index (χ0n) is 9.69. The van der Waals surface area contributed by atoms with Crippen LogP contribution in [0.4, 0.5) is 0 Å². The molecule has 0 unspecified atom stereocenters. The van der Waals surface area contributed by atoms with Crippen LogP contribution in [0.5, 0.6) is 0 Å². The molecule has 9 heteroatoms. The van der Waals surface area contributed by atoms with Gasteiger partial charge in [0.1, 0.15) is 0 Å². The molecular weight excluding hydrogens is 545 g/mol. The van der Waals surface area contributed by atoms with Gasteiger partial charge in [0.15, 0.2) is 0 Å². The van der Waals surface area contributed by atoms with Crippen LogP contribution in [0.25, 0.3) is 0 Å². The first-order valence-corrected chi connectivity index (χ1v) is 10.8. The maximum Gasteiger partial charge on any atom is 0.0809 e. The van der Waals surface area contributed by atoms with Crippen molar-refractivity contribution in [1.29, 1.82) is 0 Å². The topological polar surface area (TPSA) is 0 Å². The lowest BCUT2D eigenvalue weighted by atomic mass is 10.3. The van der Waals surface area contributed by atoms with Gasteiger partial charge in [0.2, 0.25) is 0 Å². The van der Waals surface area contributed by atoms with E-state index in [9.17, 15) is 0 Å². The Morgan fingerprint density at radius 2 is 1.05 bits per heavy atom. The lowest BCUT2D eigenvalue weighted by Gasteiger charge is -2.11. The highest BCUT2D eigenvalue weighted by atomic mass is 79.9. The highest BCUT2D eigenvalue weighted by molar-refractivity contribution is 9.11. The SMILES string of the molecule is Clc1c(Cl)c(Cl)c(SSc2cc(Br)cc(Br)c2)c(Cl)c1Cl. The summed E-state index contributed by atoms with van der Waals surface area (Å²) in [5.74, 6) is 0. The first-order chi connectivity index (χ1) is 9.81. The van der Waals surface area contributed by atoms with Crippen LogP contribution >= 0.6 is 111 Å². The van der Waals surface area contributed by atoms with Crippen molar-refractivity contribution in [3.05, 3.63) is 52.3 Å². The second-order valence-electron chi connectivity index (χ2n) is 3.67. The summed E-state index contributed by atoms with van der Waals surface area (Å²) in [4.78, 5) is 1.59. The van der Waals surface area contributed by atoms with Gasteiger partial charge < -0.3 is 0 Å². The molecule has 0 saturated heterocycles. The van der Waals surface area contributed by atoms with Gasteiger partial charge in [-0.15, -0.1) is 0 Å². The standard InChI is InChI=1S/C12H3Br2Cl5S2/c13-4-1-5(14)3-6(2-4)20-21-12-10(18)8(16)7(15)9(17)11(12)19/h1-3H. The zero-order valence-corrected chi connectivity index (χ0v) is 18.3. The molecule has 0 fully saturated rings. The van der Waals surface area contributed by atoms with E-state index in [4.69, 9.17) is 58.0 Å². The zero-order chi connectivity index (χ0) is 15.7. The highest BCUT2D eigenvalue weighted by Crippen LogP contribution is 2.52. The second-order valence-corrected chi connectivity index (χ2v) is 9.61. The van der Waals surface area contributed by atoms with Gasteiger partial charge in [-0.05, 0) is 29.0 Å². The van der Waals surface area contributed by atoms with Crippen molar-refractivity contribution in [3.63, 3.8) is 0 Å². The fourth-order valence-electron chi connectivity index (χ4n) is 1.32. The van der Waals surface area contributed by atoms with Crippen LogP contribution in [-0.2, 0) is 0 Å². The summed E-state index contributed by atoms with van der Waals surface area (Å²) in [5.41, 5.74) is 0. The molecule has 2 aromatic rings. The third-order valence-electron chi connectivity index (χ3n) is 2.23. The maximum absolute atomic E-state index is 6.19. The number of rotatable bonds is 3. The minimum Gasteiger partial charge on any atom is -0.0813 e. The largest absolute Gasteiger partial charge is 0.0813 e. The van der Waals surface area contributed by atoms with Crippen LogP contribution in [0, 0.1) is 0 Å². The summed E-state index contributed by atoms with van der Waals surface area (Å²) in [6, 6.07) is 5.90. The summed E-state index contributed by atoms with van der Waals surface area (Å²) >= 11 is 37.3. The lowest BCUT2D eigenvalue weighted by molar-refractivity contribution is 1.42. The van der Waals surface area contributed by atoms with E-state index in [2.05, 4.69) is 31.9 Å². The predicted octanol–water partition coefficient (Wildman–Crippen LogP) is 9.28. The Labute approximate surface area is 171 Å². The van der Waals surface area contributed by atoms with E-state index in [1.54, 1.807) is 0 Å². The van der Waals surface area contributed by atoms with E-state index >= 15 is 0 Å². The number of hydrogen-bond donors (Lipinski definition) is 0. The van der Waals surface area contributed by atoms with Crippen LogP contribution < -0.4 is 0 Å². The van der Waals surface area contributed by atoms with Crippen LogP contribution in [-0.4, -0.2) is 0 Å². The number of benzene rings is 2. The molecule has 0 bridgehead atoms. The molecule has 0 saturated carbocycles. The van der Waals surface area contributed by atoms with Crippen molar-refractivity contribution in [2.45, 2.75) is 9.79 Å². The molecule has 0 aliphatic rings. The van der Waals surface area contributed by atoms with Crippen molar-refractivity contribution >= 4 is 111 Å². The van der Waals surface area contributed by atoms with Gasteiger partial charge in [-0.3, -0.25) is 0 Å². The molecule has 0 heterocycles. The molecule has 0 N–H and O–H groups in total. The van der Waals surface area contributed by atoms with Crippen LogP contribution in [0.1, 0.15) is 0 Å². The molecule has 112 valence electrons. The third kappa shape index (κ3) is 4.55. The van der Waals surface area contributed by atoms with Crippen molar-refractivity contribution in [2.24, 2.45) is 0 Å². The van der Waals surface area contributed by atoms with E-state index < -0.39 is 0 Å². The molecular formula is C12H3Br2Cl5S2. The third-order valence-corrected chi connectivity index (χ3v) is 8.06. The van der Waals surface area contributed by atoms with Crippen LogP contribution in [0.2, 0.25) is 25.1 Å². The Hall–Kier alpha value is 1.55. The molecule has 0 aliphatic carbocycles. The summed E-state index contributed by atoms with van der Waals surface area (Å²) in [7, 11) is 2.85. The monoisotopic (exact) mass is 544 g/mol. The van der Waals surface area contributed by atoms with Gasteiger partial charge in [0.05, 0.1) is 30.0 Å². The molecule has 0 atom stereocenters. The van der Waals surface area contributed by atoms with Crippen molar-refractivity contribution in [3.8, 4) is 0 Å². The van der Waals surface area contributed by atoms with E-state index in [-0.39, 0.29) is 15.1 Å². The summed E-state index contributed by atoms with van der Waals surface area (Å²) in [5, 5.41) is 1.15. The van der Waals surface area contributed by atoms with Gasteiger partial charge >= 0.3 is 0 Å². The average Bonchev–Trinajstić information content (AvgIpc) is 2.42. The molecule has 0 amide bonds. The van der Waals surface area contributed by atoms with Gasteiger partial charge in [-0.1, -0.05) is 101 Å². The quantitative estimate of drug-likeness (QED) is 0.213. The smallest absolute Gasteiger partial charge is 0.0809 e. The highest BCUT2D eigenvalue weighted by Gasteiger charge is 2.20. The van der Waals surface area contributed by atoms with E-state index in [1.165, 1.54) is 21.6 Å². The summed E-state index contributed by atoms with van der Waals surface area (Å²) < 4.78 is 1.92. The van der Waals surface area contributed by atoms with Crippen LogP contribution in [0.15, 0.2) is 36.9 Å². The summed E-state index contributed by atoms with van der Waals surface area (Å²) in [6.07, 6.45) is 0. The van der Waals surface area contributed by atoms with Gasteiger partial charge in [0.25, 0.3) is 0 Å². The van der Waals surface area contributed by atoms with Crippen molar-refractivity contribution < 1.29 is 0 Å². The Bertz CT molecular complexity index is 659. The molecule has 0 aromatic heterocycles. The first kappa shape index (κ1) is 18.9. The number of hydrogen-bond acceptors (Lipinski definition) is 2. The van der Waals surface area contributed by atoms with E-state index in [0.717, 1.165) is 13.8 Å². The maximum atomic E-state index is 6.19. The fraction of sp³-hybridized carbons (Fsp3) is 0. The van der Waals surface area contributed by atoms with E-state index in [0.29, 0.717) is 14.9 Å². The molecule has 0 radical (unpaired) electrons. The Morgan fingerprint density at radius 1 is 0.619 bits per heavy atom. The lowest BCUT2D eigenvalue weighted by Crippen LogP contribution is -1.83. The summed E-state index contributed by atoms with van der Waals surface area (Å²) in [6.45, 7) is 0. The predicted molar refractivity (Wildman–Crippen MR) is 105 cm³/mol. The normalized spacial score (nSPS) is 11.0. The second kappa shape index (κ2) is 8.09. The number of halogens is 7. The molecule has 0 aliphatic heterocycles. The van der Waals surface area contributed by atoms with E-state index in [1.807, 2.05) is 18.2 Å². The first-order valence-electron chi connectivity index (χ1n) is 5.13. The minimum absolute atomic E-state index is 0.160. The molecule has 2 rings (SSSR count). The Morgan fingerprint density at radius 3 is 1.52 bits per heavy atom. The average molecular weight is 548 g/mol. The van der Waals surface area contributed by atoms with Gasteiger partial charge in [-0.25, -0.2) is 0 Å². The Balaban J connectivity index is 2.32.